The first-order chi connectivity index (χ1) is 17.5. The van der Waals surface area contributed by atoms with Gasteiger partial charge in [-0.3, -0.25) is 4.79 Å². The number of anilines is 3. The Hall–Kier alpha value is -4.34. The lowest BCUT2D eigenvalue weighted by molar-refractivity contribution is -0.126. The van der Waals surface area contributed by atoms with Crippen LogP contribution >= 0.6 is 0 Å². The highest BCUT2D eigenvalue weighted by Crippen LogP contribution is 2.38. The summed E-state index contributed by atoms with van der Waals surface area (Å²) in [6.45, 7) is 4.53. The Bertz CT molecular complexity index is 1220. The van der Waals surface area contributed by atoms with Crippen LogP contribution in [0.5, 0.6) is 17.2 Å². The molecule has 1 aromatic carbocycles. The molecule has 0 spiro atoms. The molecule has 1 N–H and O–H groups in total. The van der Waals surface area contributed by atoms with Gasteiger partial charge in [-0.05, 0) is 48.4 Å². The molecule has 1 fully saturated rings. The van der Waals surface area contributed by atoms with E-state index in [4.69, 9.17) is 14.2 Å². The minimum Gasteiger partial charge on any atom is -0.493 e. The quantitative estimate of drug-likeness (QED) is 0.477. The predicted molar refractivity (Wildman–Crippen MR) is 138 cm³/mol. The molecule has 1 aliphatic heterocycles. The zero-order chi connectivity index (χ0) is 25.5. The smallest absolute Gasteiger partial charge is 0.246 e. The Morgan fingerprint density at radius 2 is 1.61 bits per heavy atom. The van der Waals surface area contributed by atoms with Gasteiger partial charge in [-0.1, -0.05) is 0 Å². The van der Waals surface area contributed by atoms with Crippen molar-refractivity contribution in [2.24, 2.45) is 0 Å². The van der Waals surface area contributed by atoms with Crippen molar-refractivity contribution in [3.8, 4) is 17.2 Å². The van der Waals surface area contributed by atoms with Crippen molar-refractivity contribution in [3.05, 3.63) is 60.1 Å². The average Bonchev–Trinajstić information content (AvgIpc) is 2.91. The maximum atomic E-state index is 12.8. The molecule has 1 saturated heterocycles. The summed E-state index contributed by atoms with van der Waals surface area (Å²) in [5.74, 6) is 3.74. The molecule has 0 radical (unpaired) electrons. The summed E-state index contributed by atoms with van der Waals surface area (Å²) in [5, 5.41) is 3.22. The van der Waals surface area contributed by atoms with Crippen LogP contribution in [0.1, 0.15) is 11.1 Å². The predicted octanol–water partition coefficient (Wildman–Crippen LogP) is 3.31. The maximum Gasteiger partial charge on any atom is 0.246 e. The van der Waals surface area contributed by atoms with E-state index >= 15 is 0 Å². The topological polar surface area (TPSA) is 102 Å². The van der Waals surface area contributed by atoms with Crippen LogP contribution in [0.3, 0.4) is 0 Å². The Morgan fingerprint density at radius 3 is 2.25 bits per heavy atom. The van der Waals surface area contributed by atoms with E-state index in [0.29, 0.717) is 49.2 Å². The number of amides is 1. The number of nitrogens with one attached hydrogen (secondary N) is 1. The number of hydrogen-bond donors (Lipinski definition) is 1. The van der Waals surface area contributed by atoms with Crippen molar-refractivity contribution in [1.82, 2.24) is 19.9 Å². The van der Waals surface area contributed by atoms with E-state index in [0.717, 1.165) is 22.8 Å². The van der Waals surface area contributed by atoms with Gasteiger partial charge >= 0.3 is 0 Å². The summed E-state index contributed by atoms with van der Waals surface area (Å²) in [5.41, 5.74) is 1.89. The number of hydrogen-bond acceptors (Lipinski definition) is 9. The van der Waals surface area contributed by atoms with Crippen molar-refractivity contribution in [2.75, 3.05) is 57.7 Å². The van der Waals surface area contributed by atoms with Crippen molar-refractivity contribution < 1.29 is 19.0 Å². The Morgan fingerprint density at radius 1 is 0.917 bits per heavy atom. The number of aryl methyl sites for hydroxylation is 1. The van der Waals surface area contributed by atoms with Gasteiger partial charge in [0.15, 0.2) is 11.5 Å². The summed E-state index contributed by atoms with van der Waals surface area (Å²) in [6, 6.07) is 9.40. The SMILES string of the molecule is COc1cc(/C=C/C(=O)N2CCN(c3cc(Nc4cc(C)ccn4)ncn3)CC2)cc(OC)c1OC. The molecule has 3 heterocycles. The summed E-state index contributed by atoms with van der Waals surface area (Å²) in [4.78, 5) is 29.8. The minimum absolute atomic E-state index is 0.0565. The zero-order valence-corrected chi connectivity index (χ0v) is 20.9. The second-order valence-electron chi connectivity index (χ2n) is 8.21. The number of methoxy groups -OCH3 is 3. The standard InChI is InChI=1S/C26H30N6O4/c1-18-7-8-27-22(13-18)30-23-16-24(29-17-28-23)31-9-11-32(12-10-31)25(33)6-5-19-14-20(34-2)26(36-4)21(15-19)35-3/h5-8,13-17H,9-12H2,1-4H3,(H,27,28,29,30)/b6-5+. The lowest BCUT2D eigenvalue weighted by Crippen LogP contribution is -2.48. The van der Waals surface area contributed by atoms with E-state index in [1.807, 2.05) is 30.0 Å². The Kier molecular flexibility index (Phi) is 7.84. The third kappa shape index (κ3) is 5.83. The molecule has 0 atom stereocenters. The van der Waals surface area contributed by atoms with Crippen molar-refractivity contribution in [3.63, 3.8) is 0 Å². The first kappa shape index (κ1) is 24.8. The van der Waals surface area contributed by atoms with Gasteiger partial charge in [0.25, 0.3) is 0 Å². The number of piperazine rings is 1. The molecule has 2 aromatic heterocycles. The van der Waals surface area contributed by atoms with Crippen LogP contribution in [0.4, 0.5) is 17.5 Å². The minimum atomic E-state index is -0.0565. The van der Waals surface area contributed by atoms with Crippen LogP contribution in [-0.2, 0) is 4.79 Å². The molecular weight excluding hydrogens is 460 g/mol. The van der Waals surface area contributed by atoms with Gasteiger partial charge in [-0.25, -0.2) is 15.0 Å². The van der Waals surface area contributed by atoms with Gasteiger partial charge in [-0.15, -0.1) is 0 Å². The number of benzene rings is 1. The highest BCUT2D eigenvalue weighted by atomic mass is 16.5. The summed E-state index contributed by atoms with van der Waals surface area (Å²) >= 11 is 0. The fourth-order valence-corrected chi connectivity index (χ4v) is 3.95. The monoisotopic (exact) mass is 490 g/mol. The average molecular weight is 491 g/mol. The van der Waals surface area contributed by atoms with Gasteiger partial charge in [0.05, 0.1) is 21.3 Å². The maximum absolute atomic E-state index is 12.8. The van der Waals surface area contributed by atoms with E-state index < -0.39 is 0 Å². The van der Waals surface area contributed by atoms with Crippen molar-refractivity contribution in [1.29, 1.82) is 0 Å². The Balaban J connectivity index is 1.37. The number of ether oxygens (including phenoxy) is 3. The third-order valence-electron chi connectivity index (χ3n) is 5.84. The molecule has 10 nitrogen and oxygen atoms in total. The Labute approximate surface area is 210 Å². The lowest BCUT2D eigenvalue weighted by atomic mass is 10.1. The van der Waals surface area contributed by atoms with Crippen LogP contribution < -0.4 is 24.4 Å². The van der Waals surface area contributed by atoms with Crippen LogP contribution in [0.2, 0.25) is 0 Å². The first-order valence-corrected chi connectivity index (χ1v) is 11.5. The molecule has 36 heavy (non-hydrogen) atoms. The van der Waals surface area contributed by atoms with Crippen molar-refractivity contribution in [2.45, 2.75) is 6.92 Å². The first-order valence-electron chi connectivity index (χ1n) is 11.5. The molecule has 0 aliphatic carbocycles. The van der Waals surface area contributed by atoms with Gasteiger partial charge < -0.3 is 29.3 Å². The number of rotatable bonds is 8. The third-order valence-corrected chi connectivity index (χ3v) is 5.84. The summed E-state index contributed by atoms with van der Waals surface area (Å²) in [6.07, 6.45) is 6.61. The van der Waals surface area contributed by atoms with Crippen LogP contribution in [0, 0.1) is 6.92 Å². The highest BCUT2D eigenvalue weighted by molar-refractivity contribution is 5.92. The van der Waals surface area contributed by atoms with E-state index in [1.165, 1.54) is 6.33 Å². The van der Waals surface area contributed by atoms with Gasteiger partial charge in [-0.2, -0.15) is 0 Å². The van der Waals surface area contributed by atoms with Crippen LogP contribution in [0.25, 0.3) is 6.08 Å². The van der Waals surface area contributed by atoms with E-state index in [9.17, 15) is 4.79 Å². The second kappa shape index (κ2) is 11.4. The fourth-order valence-electron chi connectivity index (χ4n) is 3.95. The highest BCUT2D eigenvalue weighted by Gasteiger charge is 2.21. The van der Waals surface area contributed by atoms with E-state index in [-0.39, 0.29) is 5.91 Å². The molecule has 0 unspecified atom stereocenters. The zero-order valence-electron chi connectivity index (χ0n) is 20.9. The number of pyridine rings is 1. The number of aromatic nitrogens is 3. The lowest BCUT2D eigenvalue weighted by Gasteiger charge is -2.35. The number of carbonyl (C=O) groups excluding carboxylic acids is 1. The molecule has 188 valence electrons. The number of carbonyl (C=O) groups is 1. The van der Waals surface area contributed by atoms with Gasteiger partial charge in [0.1, 0.15) is 23.8 Å². The van der Waals surface area contributed by atoms with Gasteiger partial charge in [0.2, 0.25) is 11.7 Å². The molecular formula is C26H30N6O4. The van der Waals surface area contributed by atoms with E-state index in [1.54, 1.807) is 51.8 Å². The summed E-state index contributed by atoms with van der Waals surface area (Å²) < 4.78 is 16.1. The van der Waals surface area contributed by atoms with Crippen LogP contribution in [0.15, 0.2) is 48.9 Å². The molecule has 1 aliphatic rings. The largest absolute Gasteiger partial charge is 0.493 e. The van der Waals surface area contributed by atoms with Crippen molar-refractivity contribution >= 4 is 29.4 Å². The second-order valence-corrected chi connectivity index (χ2v) is 8.21. The van der Waals surface area contributed by atoms with Crippen LogP contribution in [-0.4, -0.2) is 73.3 Å². The molecule has 1 amide bonds. The molecule has 4 rings (SSSR count). The summed E-state index contributed by atoms with van der Waals surface area (Å²) in [7, 11) is 4.68. The molecule has 0 bridgehead atoms. The number of nitrogens with zero attached hydrogens (tertiary/aromatic N) is 5. The normalized spacial score (nSPS) is 13.6. The van der Waals surface area contributed by atoms with E-state index in [2.05, 4.69) is 25.2 Å². The molecule has 10 heteroatoms. The van der Waals surface area contributed by atoms with Gasteiger partial charge in [0, 0.05) is 44.5 Å². The molecule has 0 saturated carbocycles. The molecule has 3 aromatic rings. The fraction of sp³-hybridized carbons (Fsp3) is 0.308.